The fourth-order valence-corrected chi connectivity index (χ4v) is 4.57. The molecule has 0 fully saturated rings. The van der Waals surface area contributed by atoms with E-state index in [0.29, 0.717) is 30.6 Å². The summed E-state index contributed by atoms with van der Waals surface area (Å²) in [6, 6.07) is 24.2. The summed E-state index contributed by atoms with van der Waals surface area (Å²) in [7, 11) is 0. The lowest BCUT2D eigenvalue weighted by molar-refractivity contribution is 0.142. The summed E-state index contributed by atoms with van der Waals surface area (Å²) in [5.41, 5.74) is 4.79. The SMILES string of the molecule is Cc1ccccc1-c1cccc2c(CCCOc3cccc4c(F)cccc34)c(OC(=O)O)[nH]c12. The summed E-state index contributed by atoms with van der Waals surface area (Å²) in [4.78, 5) is 14.6. The number of rotatable bonds is 7. The van der Waals surface area contributed by atoms with Crippen LogP contribution in [0.25, 0.3) is 32.8 Å². The summed E-state index contributed by atoms with van der Waals surface area (Å²) in [5, 5.41) is 11.4. The van der Waals surface area contributed by atoms with Gasteiger partial charge in [0.05, 0.1) is 12.1 Å². The second kappa shape index (κ2) is 9.50. The molecule has 0 aliphatic heterocycles. The van der Waals surface area contributed by atoms with Gasteiger partial charge in [0, 0.05) is 27.3 Å². The predicted molar refractivity (Wildman–Crippen MR) is 135 cm³/mol. The number of carboxylic acid groups (broad SMARTS) is 1. The molecule has 6 heteroatoms. The number of hydrogen-bond acceptors (Lipinski definition) is 3. The number of H-pyrrole nitrogens is 1. The van der Waals surface area contributed by atoms with Gasteiger partial charge in [-0.15, -0.1) is 0 Å². The van der Waals surface area contributed by atoms with Crippen molar-refractivity contribution in [2.45, 2.75) is 19.8 Å². The van der Waals surface area contributed by atoms with Crippen LogP contribution in [0.15, 0.2) is 78.9 Å². The van der Waals surface area contributed by atoms with E-state index in [1.54, 1.807) is 18.2 Å². The highest BCUT2D eigenvalue weighted by Gasteiger charge is 2.18. The molecule has 0 saturated carbocycles. The van der Waals surface area contributed by atoms with Gasteiger partial charge in [-0.3, -0.25) is 0 Å². The fourth-order valence-electron chi connectivity index (χ4n) is 4.57. The van der Waals surface area contributed by atoms with Gasteiger partial charge in [-0.1, -0.05) is 66.7 Å². The maximum absolute atomic E-state index is 14.1. The molecule has 35 heavy (non-hydrogen) atoms. The molecule has 0 unspecified atom stereocenters. The van der Waals surface area contributed by atoms with Crippen molar-refractivity contribution in [2.75, 3.05) is 6.61 Å². The Balaban J connectivity index is 1.42. The van der Waals surface area contributed by atoms with Crippen molar-refractivity contribution in [2.24, 2.45) is 0 Å². The number of fused-ring (bicyclic) bond motifs is 2. The second-order valence-corrected chi connectivity index (χ2v) is 8.39. The monoisotopic (exact) mass is 469 g/mol. The molecule has 0 aliphatic rings. The lowest BCUT2D eigenvalue weighted by Gasteiger charge is -2.10. The third-order valence-corrected chi connectivity index (χ3v) is 6.18. The van der Waals surface area contributed by atoms with Gasteiger partial charge in [-0.05, 0) is 43.0 Å². The van der Waals surface area contributed by atoms with E-state index < -0.39 is 6.16 Å². The number of aryl methyl sites for hydroxylation is 2. The quantitative estimate of drug-likeness (QED) is 0.191. The van der Waals surface area contributed by atoms with Gasteiger partial charge in [-0.2, -0.15) is 0 Å². The molecule has 0 aliphatic carbocycles. The van der Waals surface area contributed by atoms with Crippen LogP contribution in [0, 0.1) is 12.7 Å². The molecule has 1 heterocycles. The molecule has 5 rings (SSSR count). The van der Waals surface area contributed by atoms with Crippen LogP contribution < -0.4 is 9.47 Å². The van der Waals surface area contributed by atoms with Crippen molar-refractivity contribution in [3.05, 3.63) is 95.8 Å². The summed E-state index contributed by atoms with van der Waals surface area (Å²) in [6.07, 6.45) is -0.216. The topological polar surface area (TPSA) is 71.6 Å². The minimum absolute atomic E-state index is 0.223. The molecule has 1 aromatic heterocycles. The Morgan fingerprint density at radius 2 is 1.60 bits per heavy atom. The number of aromatic nitrogens is 1. The highest BCUT2D eigenvalue weighted by atomic mass is 19.1. The molecule has 0 amide bonds. The van der Waals surface area contributed by atoms with Crippen LogP contribution in [-0.2, 0) is 6.42 Å². The molecule has 5 nitrogen and oxygen atoms in total. The van der Waals surface area contributed by atoms with Gasteiger partial charge in [0.25, 0.3) is 0 Å². The summed E-state index contributed by atoms with van der Waals surface area (Å²) < 4.78 is 25.2. The van der Waals surface area contributed by atoms with Crippen LogP contribution in [0.2, 0.25) is 0 Å². The number of halogens is 1. The molecular weight excluding hydrogens is 445 g/mol. The van der Waals surface area contributed by atoms with Crippen LogP contribution >= 0.6 is 0 Å². The fraction of sp³-hybridized carbons (Fsp3) is 0.138. The maximum Gasteiger partial charge on any atom is 0.512 e. The van der Waals surface area contributed by atoms with E-state index in [-0.39, 0.29) is 11.7 Å². The van der Waals surface area contributed by atoms with Crippen LogP contribution in [0.5, 0.6) is 11.6 Å². The Labute approximate surface area is 201 Å². The Bertz CT molecular complexity index is 1540. The zero-order valence-electron chi connectivity index (χ0n) is 19.2. The largest absolute Gasteiger partial charge is 0.512 e. The van der Waals surface area contributed by atoms with E-state index in [2.05, 4.69) is 4.98 Å². The first-order valence-electron chi connectivity index (χ1n) is 11.4. The number of hydrogen-bond donors (Lipinski definition) is 2. The van der Waals surface area contributed by atoms with Gasteiger partial charge in [-0.25, -0.2) is 9.18 Å². The summed E-state index contributed by atoms with van der Waals surface area (Å²) in [6.45, 7) is 2.43. The number of benzene rings is 4. The third kappa shape index (κ3) is 4.43. The van der Waals surface area contributed by atoms with E-state index in [9.17, 15) is 14.3 Å². The molecule has 0 radical (unpaired) electrons. The number of aromatic amines is 1. The first-order valence-corrected chi connectivity index (χ1v) is 11.4. The summed E-state index contributed by atoms with van der Waals surface area (Å²) in [5.74, 6) is 0.553. The zero-order valence-corrected chi connectivity index (χ0v) is 19.2. The smallest absolute Gasteiger partial charge is 0.493 e. The third-order valence-electron chi connectivity index (χ3n) is 6.18. The Morgan fingerprint density at radius 3 is 2.43 bits per heavy atom. The highest BCUT2D eigenvalue weighted by Crippen LogP contribution is 2.37. The Hall–Kier alpha value is -4.32. The Kier molecular flexibility index (Phi) is 6.10. The minimum Gasteiger partial charge on any atom is -0.493 e. The van der Waals surface area contributed by atoms with Crippen LogP contribution in [0.1, 0.15) is 17.5 Å². The van der Waals surface area contributed by atoms with Crippen molar-refractivity contribution in [1.82, 2.24) is 4.98 Å². The van der Waals surface area contributed by atoms with Crippen LogP contribution in [0.4, 0.5) is 9.18 Å². The lowest BCUT2D eigenvalue weighted by atomic mass is 9.97. The van der Waals surface area contributed by atoms with Crippen molar-refractivity contribution in [3.8, 4) is 22.8 Å². The molecule has 0 saturated heterocycles. The molecule has 0 spiro atoms. The van der Waals surface area contributed by atoms with E-state index in [4.69, 9.17) is 9.47 Å². The highest BCUT2D eigenvalue weighted by molar-refractivity contribution is 5.98. The first-order chi connectivity index (χ1) is 17.0. The number of nitrogens with one attached hydrogen (secondary N) is 1. The van der Waals surface area contributed by atoms with Crippen molar-refractivity contribution in [3.63, 3.8) is 0 Å². The minimum atomic E-state index is -1.37. The van der Waals surface area contributed by atoms with Gasteiger partial charge in [0.1, 0.15) is 11.6 Å². The predicted octanol–water partition coefficient (Wildman–Crippen LogP) is 7.50. The summed E-state index contributed by atoms with van der Waals surface area (Å²) >= 11 is 0. The lowest BCUT2D eigenvalue weighted by Crippen LogP contribution is -2.06. The molecular formula is C29H24FNO4. The van der Waals surface area contributed by atoms with Gasteiger partial charge >= 0.3 is 6.16 Å². The number of carbonyl (C=O) groups is 1. The average molecular weight is 470 g/mol. The van der Waals surface area contributed by atoms with Crippen LogP contribution in [-0.4, -0.2) is 22.9 Å². The van der Waals surface area contributed by atoms with Crippen molar-refractivity contribution < 1.29 is 23.8 Å². The van der Waals surface area contributed by atoms with Crippen molar-refractivity contribution >= 4 is 27.8 Å². The molecule has 5 aromatic rings. The number of para-hydroxylation sites is 1. The van der Waals surface area contributed by atoms with E-state index in [1.165, 1.54) is 6.07 Å². The van der Waals surface area contributed by atoms with E-state index in [0.717, 1.165) is 38.5 Å². The standard InChI is InChI=1S/C29H24FNO4/c1-18-8-2-3-9-19(18)22-12-4-13-23-24(28(31-27(22)23)35-29(32)33)14-7-17-34-26-16-6-10-20-21(26)11-5-15-25(20)30/h2-6,8-13,15-16,31H,7,14,17H2,1H3,(H,32,33). The molecule has 176 valence electrons. The van der Waals surface area contributed by atoms with Gasteiger partial charge in [0.15, 0.2) is 0 Å². The molecule has 0 bridgehead atoms. The van der Waals surface area contributed by atoms with Gasteiger partial charge in [0.2, 0.25) is 5.88 Å². The maximum atomic E-state index is 14.1. The first kappa shape index (κ1) is 22.5. The molecule has 2 N–H and O–H groups in total. The van der Waals surface area contributed by atoms with Crippen molar-refractivity contribution in [1.29, 1.82) is 0 Å². The van der Waals surface area contributed by atoms with E-state index in [1.807, 2.05) is 61.5 Å². The van der Waals surface area contributed by atoms with Gasteiger partial charge < -0.3 is 19.6 Å². The zero-order chi connectivity index (χ0) is 24.4. The molecule has 4 aromatic carbocycles. The van der Waals surface area contributed by atoms with E-state index >= 15 is 0 Å². The number of ether oxygens (including phenoxy) is 2. The molecule has 0 atom stereocenters. The second-order valence-electron chi connectivity index (χ2n) is 8.39. The average Bonchev–Trinajstić information content (AvgIpc) is 3.19. The van der Waals surface area contributed by atoms with Crippen LogP contribution in [0.3, 0.4) is 0 Å². The normalized spacial score (nSPS) is 11.1. The Morgan fingerprint density at radius 1 is 0.886 bits per heavy atom.